The van der Waals surface area contributed by atoms with E-state index in [0.29, 0.717) is 38.5 Å². The van der Waals surface area contributed by atoms with Gasteiger partial charge < -0.3 is 25.5 Å². The van der Waals surface area contributed by atoms with Gasteiger partial charge in [-0.25, -0.2) is 0 Å². The van der Waals surface area contributed by atoms with Crippen molar-refractivity contribution in [3.05, 3.63) is 11.6 Å². The van der Waals surface area contributed by atoms with Gasteiger partial charge >= 0.3 is 11.9 Å². The van der Waals surface area contributed by atoms with E-state index in [0.717, 1.165) is 12.8 Å². The number of fused-ring (bicyclic) bond motifs is 7. The third kappa shape index (κ3) is 3.05. The monoisotopic (exact) mass is 518 g/mol. The lowest BCUT2D eigenvalue weighted by atomic mass is 9.33. The Morgan fingerprint density at radius 3 is 2.14 bits per heavy atom. The molecule has 0 aromatic heterocycles. The van der Waals surface area contributed by atoms with Crippen LogP contribution in [0.3, 0.4) is 0 Å². The van der Waals surface area contributed by atoms with Gasteiger partial charge in [0.2, 0.25) is 0 Å². The minimum Gasteiger partial charge on any atom is -0.481 e. The van der Waals surface area contributed by atoms with Crippen LogP contribution >= 0.6 is 0 Å². The van der Waals surface area contributed by atoms with Crippen molar-refractivity contribution in [3.63, 3.8) is 0 Å². The average Bonchev–Trinajstić information content (AvgIpc) is 2.80. The maximum absolute atomic E-state index is 12.8. The lowest BCUT2D eigenvalue weighted by Gasteiger charge is -2.71. The first-order valence-corrected chi connectivity index (χ1v) is 14.2. The Morgan fingerprint density at radius 2 is 1.54 bits per heavy atom. The largest absolute Gasteiger partial charge is 0.481 e. The quantitative estimate of drug-likeness (QED) is 0.345. The molecular weight excluding hydrogens is 472 g/mol. The number of carbonyl (C=O) groups is 2. The van der Waals surface area contributed by atoms with Crippen LogP contribution in [0.1, 0.15) is 92.9 Å². The molecule has 208 valence electrons. The lowest BCUT2D eigenvalue weighted by Crippen LogP contribution is -2.68. The highest BCUT2D eigenvalue weighted by molar-refractivity contribution is 5.77. The zero-order chi connectivity index (χ0) is 27.6. The van der Waals surface area contributed by atoms with Gasteiger partial charge in [0.1, 0.15) is 0 Å². The summed E-state index contributed by atoms with van der Waals surface area (Å²) < 4.78 is 0. The molecule has 7 heteroatoms. The molecule has 7 nitrogen and oxygen atoms in total. The molecule has 0 radical (unpaired) electrons. The van der Waals surface area contributed by atoms with Gasteiger partial charge in [0.05, 0.1) is 28.6 Å². The van der Waals surface area contributed by atoms with Gasteiger partial charge in [-0.2, -0.15) is 0 Å². The SMILES string of the molecule is CC1C2C3CC=C4C5(C)CC(O)C(O)C(C)(C(=O)O)C5CCC4(C)C3(C)CCC2(C(=O)O)CCC1(C)O. The summed E-state index contributed by atoms with van der Waals surface area (Å²) >= 11 is 0. The lowest BCUT2D eigenvalue weighted by molar-refractivity contribution is -0.223. The van der Waals surface area contributed by atoms with Gasteiger partial charge in [-0.3, -0.25) is 9.59 Å². The molecule has 5 N–H and O–H groups in total. The summed E-state index contributed by atoms with van der Waals surface area (Å²) in [6.45, 7) is 12.1. The van der Waals surface area contributed by atoms with Gasteiger partial charge in [-0.15, -0.1) is 0 Å². The molecule has 0 spiro atoms. The average molecular weight is 519 g/mol. The van der Waals surface area contributed by atoms with Gasteiger partial charge in [0.15, 0.2) is 0 Å². The molecule has 0 bridgehead atoms. The summed E-state index contributed by atoms with van der Waals surface area (Å²) in [5.41, 5.74) is -3.12. The third-order valence-electron chi connectivity index (χ3n) is 13.5. The molecule has 12 atom stereocenters. The zero-order valence-corrected chi connectivity index (χ0v) is 23.3. The molecule has 4 fully saturated rings. The van der Waals surface area contributed by atoms with Crippen molar-refractivity contribution < 1.29 is 35.1 Å². The van der Waals surface area contributed by atoms with E-state index >= 15 is 0 Å². The smallest absolute Gasteiger partial charge is 0.312 e. The van der Waals surface area contributed by atoms with Gasteiger partial charge in [0.25, 0.3) is 0 Å². The van der Waals surface area contributed by atoms with Crippen LogP contribution in [0.5, 0.6) is 0 Å². The summed E-state index contributed by atoms with van der Waals surface area (Å²) in [6, 6.07) is 0. The van der Waals surface area contributed by atoms with Crippen molar-refractivity contribution >= 4 is 11.9 Å². The fourth-order valence-electron chi connectivity index (χ4n) is 10.9. The molecule has 0 heterocycles. The van der Waals surface area contributed by atoms with Crippen molar-refractivity contribution in [2.75, 3.05) is 0 Å². The van der Waals surface area contributed by atoms with Gasteiger partial charge in [0, 0.05) is 0 Å². The van der Waals surface area contributed by atoms with E-state index in [2.05, 4.69) is 26.8 Å². The van der Waals surface area contributed by atoms with Crippen molar-refractivity contribution in [1.29, 1.82) is 0 Å². The van der Waals surface area contributed by atoms with Gasteiger partial charge in [-0.1, -0.05) is 39.3 Å². The topological polar surface area (TPSA) is 135 Å². The van der Waals surface area contributed by atoms with E-state index in [-0.39, 0.29) is 34.5 Å². The third-order valence-corrected chi connectivity index (χ3v) is 13.5. The highest BCUT2D eigenvalue weighted by Gasteiger charge is 2.72. The molecule has 0 aromatic carbocycles. The Kier molecular flexibility index (Phi) is 5.73. The number of carboxylic acids is 2. The minimum absolute atomic E-state index is 0.0815. The number of hydrogen-bond donors (Lipinski definition) is 5. The molecular formula is C30H46O7. The highest BCUT2D eigenvalue weighted by atomic mass is 16.4. The van der Waals surface area contributed by atoms with E-state index < -0.39 is 46.0 Å². The van der Waals surface area contributed by atoms with Crippen LogP contribution in [0.2, 0.25) is 0 Å². The van der Waals surface area contributed by atoms with Crippen LogP contribution in [-0.2, 0) is 9.59 Å². The second kappa shape index (κ2) is 7.82. The molecule has 5 aliphatic carbocycles. The summed E-state index contributed by atoms with van der Waals surface area (Å²) in [7, 11) is 0. The van der Waals surface area contributed by atoms with Gasteiger partial charge in [-0.05, 0) is 105 Å². The number of allylic oxidation sites excluding steroid dienone is 2. The fraction of sp³-hybridized carbons (Fsp3) is 0.867. The Balaban J connectivity index is 1.64. The molecule has 12 unspecified atom stereocenters. The summed E-state index contributed by atoms with van der Waals surface area (Å²) in [5.74, 6) is -2.35. The van der Waals surface area contributed by atoms with E-state index in [4.69, 9.17) is 0 Å². The molecule has 0 amide bonds. The molecule has 0 saturated heterocycles. The summed E-state index contributed by atoms with van der Waals surface area (Å²) in [5, 5.41) is 53.9. The number of hydrogen-bond acceptors (Lipinski definition) is 5. The van der Waals surface area contributed by atoms with Crippen molar-refractivity contribution in [2.45, 2.75) is 111 Å². The summed E-state index contributed by atoms with van der Waals surface area (Å²) in [6.07, 6.45) is 4.52. The van der Waals surface area contributed by atoms with Crippen LogP contribution < -0.4 is 0 Å². The first-order chi connectivity index (χ1) is 16.9. The number of aliphatic hydroxyl groups is 3. The van der Waals surface area contributed by atoms with Crippen LogP contribution in [0.4, 0.5) is 0 Å². The second-order valence-corrected chi connectivity index (χ2v) is 14.7. The van der Waals surface area contributed by atoms with E-state index in [1.807, 2.05) is 13.8 Å². The second-order valence-electron chi connectivity index (χ2n) is 14.7. The first-order valence-electron chi connectivity index (χ1n) is 14.2. The van der Waals surface area contributed by atoms with Crippen LogP contribution in [0.15, 0.2) is 11.6 Å². The zero-order valence-electron chi connectivity index (χ0n) is 23.3. The molecule has 4 saturated carbocycles. The van der Waals surface area contributed by atoms with Crippen molar-refractivity contribution in [1.82, 2.24) is 0 Å². The predicted molar refractivity (Wildman–Crippen MR) is 137 cm³/mol. The fourth-order valence-corrected chi connectivity index (χ4v) is 10.9. The first kappa shape index (κ1) is 27.1. The van der Waals surface area contributed by atoms with Crippen molar-refractivity contribution in [2.24, 2.45) is 50.7 Å². The Hall–Kier alpha value is -1.44. The molecule has 5 rings (SSSR count). The van der Waals surface area contributed by atoms with Crippen LogP contribution in [0.25, 0.3) is 0 Å². The molecule has 5 aliphatic rings. The van der Waals surface area contributed by atoms with E-state index in [1.165, 1.54) is 5.57 Å². The molecule has 0 aliphatic heterocycles. The van der Waals surface area contributed by atoms with E-state index in [1.54, 1.807) is 6.92 Å². The standard InChI is InChI=1S/C30H46O7/c1-16-21-17-7-8-19-25(2)15-18(31)22(32)29(6,23(33)34)20(25)9-10-27(19,4)26(17,3)11-13-30(21,24(35)36)14-12-28(16,5)37/h8,16-18,20-22,31-32,37H,7,9-15H2,1-6H3,(H,33,34)(H,35,36). The molecule has 37 heavy (non-hydrogen) atoms. The number of carboxylic acid groups (broad SMARTS) is 2. The maximum Gasteiger partial charge on any atom is 0.312 e. The summed E-state index contributed by atoms with van der Waals surface area (Å²) in [4.78, 5) is 25.4. The Bertz CT molecular complexity index is 1050. The number of aliphatic carboxylic acids is 2. The predicted octanol–water partition coefficient (Wildman–Crippen LogP) is 4.24. The Labute approximate surface area is 220 Å². The highest BCUT2D eigenvalue weighted by Crippen LogP contribution is 2.75. The van der Waals surface area contributed by atoms with Crippen molar-refractivity contribution in [3.8, 4) is 0 Å². The van der Waals surface area contributed by atoms with E-state index in [9.17, 15) is 35.1 Å². The normalized spacial score (nSPS) is 57.2. The minimum atomic E-state index is -1.45. The van der Waals surface area contributed by atoms with Crippen LogP contribution in [0, 0.1) is 50.7 Å². The Morgan fingerprint density at radius 1 is 0.919 bits per heavy atom. The number of rotatable bonds is 2. The maximum atomic E-state index is 12.8. The van der Waals surface area contributed by atoms with Crippen LogP contribution in [-0.4, -0.2) is 55.3 Å². The molecule has 0 aromatic rings. The number of aliphatic hydroxyl groups excluding tert-OH is 2.